The topological polar surface area (TPSA) is 48.0 Å². The Bertz CT molecular complexity index is 1000. The number of methoxy groups -OCH3 is 1. The van der Waals surface area contributed by atoms with Crippen LogP contribution in [0.1, 0.15) is 54.1 Å². The SMILES string of the molecule is COc1c(Cl)c(C)c(C(C)=O)c(OCCN2CC[C@@H](F)C2)c1OCCC(C)c1ccc(F)cc1. The standard InChI is InChI=1S/C26H32ClF2NO4/c1-16(19-5-7-20(28)8-6-19)10-13-33-26-24(34-14-12-30-11-9-21(29)15-30)22(18(3)31)17(2)23(27)25(26)32-4/h5-8,16,21H,9-15H2,1-4H3/t16?,21-/m1/s1. The summed E-state index contributed by atoms with van der Waals surface area (Å²) in [5.41, 5.74) is 1.90. The van der Waals surface area contributed by atoms with Gasteiger partial charge in [-0.2, -0.15) is 0 Å². The Hall–Kier alpha value is -2.38. The van der Waals surface area contributed by atoms with E-state index in [2.05, 4.69) is 0 Å². The van der Waals surface area contributed by atoms with Gasteiger partial charge < -0.3 is 14.2 Å². The molecule has 5 nitrogen and oxygen atoms in total. The molecule has 0 amide bonds. The van der Waals surface area contributed by atoms with E-state index in [1.165, 1.54) is 26.2 Å². The number of carbonyl (C=O) groups is 1. The third kappa shape index (κ3) is 6.19. The molecule has 0 spiro atoms. The molecule has 1 fully saturated rings. The van der Waals surface area contributed by atoms with Gasteiger partial charge >= 0.3 is 0 Å². The van der Waals surface area contributed by atoms with E-state index in [4.69, 9.17) is 25.8 Å². The molecule has 0 saturated carbocycles. The van der Waals surface area contributed by atoms with Crippen LogP contribution < -0.4 is 14.2 Å². The van der Waals surface area contributed by atoms with Gasteiger partial charge in [0.15, 0.2) is 17.3 Å². The summed E-state index contributed by atoms with van der Waals surface area (Å²) < 4.78 is 44.4. The highest BCUT2D eigenvalue weighted by Gasteiger charge is 2.28. The first-order valence-corrected chi connectivity index (χ1v) is 11.9. The fraction of sp³-hybridized carbons (Fsp3) is 0.500. The molecule has 1 unspecified atom stereocenters. The van der Waals surface area contributed by atoms with Crippen molar-refractivity contribution in [3.8, 4) is 17.2 Å². The summed E-state index contributed by atoms with van der Waals surface area (Å²) in [6.07, 6.45) is 0.348. The highest BCUT2D eigenvalue weighted by molar-refractivity contribution is 6.34. The van der Waals surface area contributed by atoms with E-state index in [1.54, 1.807) is 19.1 Å². The lowest BCUT2D eigenvalue weighted by Gasteiger charge is -2.23. The van der Waals surface area contributed by atoms with Crippen molar-refractivity contribution in [2.45, 2.75) is 45.7 Å². The lowest BCUT2D eigenvalue weighted by atomic mass is 9.98. The lowest BCUT2D eigenvalue weighted by Crippen LogP contribution is -2.27. The largest absolute Gasteiger partial charge is 0.491 e. The minimum atomic E-state index is -0.812. The Morgan fingerprint density at radius 2 is 1.85 bits per heavy atom. The van der Waals surface area contributed by atoms with Crippen molar-refractivity contribution in [2.75, 3.05) is 40.0 Å². The maximum absolute atomic E-state index is 13.5. The van der Waals surface area contributed by atoms with E-state index in [1.807, 2.05) is 11.8 Å². The van der Waals surface area contributed by atoms with E-state index < -0.39 is 6.17 Å². The number of hydrogen-bond donors (Lipinski definition) is 0. The van der Waals surface area contributed by atoms with Crippen molar-refractivity contribution < 1.29 is 27.8 Å². The number of alkyl halides is 1. The molecule has 2 atom stereocenters. The van der Waals surface area contributed by atoms with Crippen LogP contribution in [-0.4, -0.2) is 56.8 Å². The Labute approximate surface area is 204 Å². The van der Waals surface area contributed by atoms with Gasteiger partial charge in [-0.25, -0.2) is 8.78 Å². The van der Waals surface area contributed by atoms with Gasteiger partial charge in [0.2, 0.25) is 5.75 Å². The average Bonchev–Trinajstić information content (AvgIpc) is 3.21. The van der Waals surface area contributed by atoms with Crippen molar-refractivity contribution in [3.05, 3.63) is 51.8 Å². The van der Waals surface area contributed by atoms with Crippen LogP contribution in [0.25, 0.3) is 0 Å². The number of benzene rings is 2. The molecule has 8 heteroatoms. The Kier molecular flexibility index (Phi) is 9.14. The van der Waals surface area contributed by atoms with Crippen LogP contribution >= 0.6 is 11.6 Å². The summed E-state index contributed by atoms with van der Waals surface area (Å²) in [6, 6.07) is 6.39. The summed E-state index contributed by atoms with van der Waals surface area (Å²) in [7, 11) is 1.48. The Morgan fingerprint density at radius 3 is 2.44 bits per heavy atom. The minimum absolute atomic E-state index is 0.118. The molecule has 186 valence electrons. The molecule has 0 radical (unpaired) electrons. The summed E-state index contributed by atoms with van der Waals surface area (Å²) in [4.78, 5) is 14.5. The van der Waals surface area contributed by atoms with Gasteiger partial charge in [-0.15, -0.1) is 0 Å². The third-order valence-corrected chi connectivity index (χ3v) is 6.66. The van der Waals surface area contributed by atoms with Crippen LogP contribution in [0.15, 0.2) is 24.3 Å². The first-order chi connectivity index (χ1) is 16.2. The smallest absolute Gasteiger partial charge is 0.205 e. The number of halogens is 3. The molecule has 2 aromatic carbocycles. The summed E-state index contributed by atoms with van der Waals surface area (Å²) >= 11 is 6.53. The summed E-state index contributed by atoms with van der Waals surface area (Å²) in [5, 5.41) is 0.293. The molecule has 1 aliphatic heterocycles. The number of rotatable bonds is 11. The van der Waals surface area contributed by atoms with Crippen molar-refractivity contribution >= 4 is 17.4 Å². The zero-order valence-electron chi connectivity index (χ0n) is 20.1. The maximum atomic E-state index is 13.5. The number of hydrogen-bond acceptors (Lipinski definition) is 5. The van der Waals surface area contributed by atoms with Gasteiger partial charge in [-0.3, -0.25) is 9.69 Å². The molecular weight excluding hydrogens is 464 g/mol. The predicted octanol–water partition coefficient (Wildman–Crippen LogP) is 5.99. The molecule has 0 N–H and O–H groups in total. The molecule has 2 aromatic rings. The van der Waals surface area contributed by atoms with E-state index in [-0.39, 0.29) is 35.6 Å². The Balaban J connectivity index is 1.80. The molecule has 0 aliphatic carbocycles. The second-order valence-corrected chi connectivity index (χ2v) is 9.06. The van der Waals surface area contributed by atoms with Gasteiger partial charge in [-0.1, -0.05) is 30.7 Å². The zero-order chi connectivity index (χ0) is 24.8. The molecule has 1 saturated heterocycles. The van der Waals surface area contributed by atoms with Gasteiger partial charge in [0.05, 0.1) is 24.3 Å². The van der Waals surface area contributed by atoms with Crippen LogP contribution in [0.2, 0.25) is 5.02 Å². The second-order valence-electron chi connectivity index (χ2n) is 8.69. The van der Waals surface area contributed by atoms with Gasteiger partial charge in [0.1, 0.15) is 18.6 Å². The van der Waals surface area contributed by atoms with Crippen molar-refractivity contribution in [3.63, 3.8) is 0 Å². The molecule has 1 aliphatic rings. The van der Waals surface area contributed by atoms with E-state index >= 15 is 0 Å². The molecule has 0 aromatic heterocycles. The quantitative estimate of drug-likeness (QED) is 0.358. The third-order valence-electron chi connectivity index (χ3n) is 6.20. The Morgan fingerprint density at radius 1 is 1.18 bits per heavy atom. The van der Waals surface area contributed by atoms with Crippen molar-refractivity contribution in [1.82, 2.24) is 4.90 Å². The number of ether oxygens (including phenoxy) is 3. The predicted molar refractivity (Wildman–Crippen MR) is 129 cm³/mol. The van der Waals surface area contributed by atoms with E-state index in [0.29, 0.717) is 61.0 Å². The normalized spacial score (nSPS) is 17.0. The van der Waals surface area contributed by atoms with Crippen molar-refractivity contribution in [1.29, 1.82) is 0 Å². The van der Waals surface area contributed by atoms with Crippen LogP contribution in [0.4, 0.5) is 8.78 Å². The highest BCUT2D eigenvalue weighted by atomic mass is 35.5. The van der Waals surface area contributed by atoms with Crippen LogP contribution in [0.3, 0.4) is 0 Å². The van der Waals surface area contributed by atoms with E-state index in [9.17, 15) is 13.6 Å². The van der Waals surface area contributed by atoms with Gasteiger partial charge in [0, 0.05) is 19.6 Å². The number of nitrogens with zero attached hydrogens (tertiary/aromatic N) is 1. The summed E-state index contributed by atoms with van der Waals surface area (Å²) in [6.45, 7) is 7.38. The monoisotopic (exact) mass is 495 g/mol. The van der Waals surface area contributed by atoms with E-state index in [0.717, 1.165) is 5.56 Å². The van der Waals surface area contributed by atoms with Crippen molar-refractivity contribution in [2.24, 2.45) is 0 Å². The van der Waals surface area contributed by atoms with Crippen LogP contribution in [0.5, 0.6) is 17.2 Å². The highest BCUT2D eigenvalue weighted by Crippen LogP contribution is 2.48. The lowest BCUT2D eigenvalue weighted by molar-refractivity contribution is 0.101. The first-order valence-electron chi connectivity index (χ1n) is 11.5. The first kappa shape index (κ1) is 26.2. The van der Waals surface area contributed by atoms with Crippen LogP contribution in [0, 0.1) is 12.7 Å². The molecular formula is C26H32ClF2NO4. The van der Waals surface area contributed by atoms with Crippen LogP contribution in [-0.2, 0) is 0 Å². The fourth-order valence-corrected chi connectivity index (χ4v) is 4.46. The maximum Gasteiger partial charge on any atom is 0.205 e. The average molecular weight is 496 g/mol. The molecule has 0 bridgehead atoms. The van der Waals surface area contributed by atoms with Gasteiger partial charge in [-0.05, 0) is 55.9 Å². The fourth-order valence-electron chi connectivity index (χ4n) is 4.20. The molecule has 3 rings (SSSR count). The second kappa shape index (κ2) is 11.8. The molecule has 1 heterocycles. The zero-order valence-corrected chi connectivity index (χ0v) is 20.9. The minimum Gasteiger partial charge on any atom is -0.491 e. The number of likely N-dealkylation sites (tertiary alicyclic amines) is 1. The number of ketones is 1. The summed E-state index contributed by atoms with van der Waals surface area (Å²) in [5.74, 6) is 0.509. The molecule has 34 heavy (non-hydrogen) atoms. The van der Waals surface area contributed by atoms with Gasteiger partial charge in [0.25, 0.3) is 0 Å². The number of carbonyl (C=O) groups excluding carboxylic acids is 1. The number of Topliss-reactive ketones (excluding diaryl/α,β-unsaturated/α-hetero) is 1.